The molecule has 1 aromatic rings. The Labute approximate surface area is 115 Å². The number of carbonyl (C=O) groups is 1. The van der Waals surface area contributed by atoms with Gasteiger partial charge >= 0.3 is 0 Å². The van der Waals surface area contributed by atoms with E-state index in [9.17, 15) is 4.79 Å². The van der Waals surface area contributed by atoms with Crippen molar-refractivity contribution < 1.29 is 4.79 Å². The van der Waals surface area contributed by atoms with E-state index in [1.165, 1.54) is 12.0 Å². The van der Waals surface area contributed by atoms with E-state index >= 15 is 0 Å². The van der Waals surface area contributed by atoms with E-state index in [1.807, 2.05) is 38.2 Å². The summed E-state index contributed by atoms with van der Waals surface area (Å²) in [4.78, 5) is 14.6. The van der Waals surface area contributed by atoms with Gasteiger partial charge in [-0.1, -0.05) is 37.0 Å². The number of carbonyl (C=O) groups excluding carboxylic acids is 1. The van der Waals surface area contributed by atoms with Crippen LogP contribution in [0.3, 0.4) is 0 Å². The van der Waals surface area contributed by atoms with Crippen molar-refractivity contribution in [3.05, 3.63) is 29.8 Å². The molecule has 3 heteroatoms. The first-order valence-corrected chi connectivity index (χ1v) is 7.14. The highest BCUT2D eigenvalue weighted by atomic mass is 16.2. The lowest BCUT2D eigenvalue weighted by molar-refractivity contribution is -0.129. The highest BCUT2D eigenvalue weighted by Crippen LogP contribution is 2.37. The molecule has 1 amide bonds. The zero-order valence-electron chi connectivity index (χ0n) is 12.0. The summed E-state index contributed by atoms with van der Waals surface area (Å²) in [5.41, 5.74) is 7.75. The van der Waals surface area contributed by atoms with Crippen molar-refractivity contribution in [1.82, 2.24) is 0 Å². The number of aryl methyl sites for hydroxylation is 1. The van der Waals surface area contributed by atoms with Crippen LogP contribution in [0.5, 0.6) is 0 Å². The zero-order valence-corrected chi connectivity index (χ0v) is 12.0. The van der Waals surface area contributed by atoms with E-state index in [4.69, 9.17) is 5.73 Å². The van der Waals surface area contributed by atoms with Crippen LogP contribution < -0.4 is 10.6 Å². The van der Waals surface area contributed by atoms with Crippen molar-refractivity contribution in [2.24, 2.45) is 11.1 Å². The maximum absolute atomic E-state index is 12.8. The van der Waals surface area contributed by atoms with Gasteiger partial charge in [0.25, 0.3) is 0 Å². The zero-order chi connectivity index (χ0) is 13.9. The summed E-state index contributed by atoms with van der Waals surface area (Å²) in [6.45, 7) is 2.51. The van der Waals surface area contributed by atoms with E-state index in [-0.39, 0.29) is 11.3 Å². The number of nitrogens with zero attached hydrogens (tertiary/aromatic N) is 1. The van der Waals surface area contributed by atoms with Crippen LogP contribution in [-0.4, -0.2) is 19.5 Å². The lowest BCUT2D eigenvalue weighted by Crippen LogP contribution is -2.48. The maximum Gasteiger partial charge on any atom is 0.234 e. The maximum atomic E-state index is 12.8. The van der Waals surface area contributed by atoms with Gasteiger partial charge in [-0.15, -0.1) is 0 Å². The van der Waals surface area contributed by atoms with Gasteiger partial charge in [-0.25, -0.2) is 0 Å². The molecule has 1 aromatic carbocycles. The van der Waals surface area contributed by atoms with Crippen molar-refractivity contribution >= 4 is 11.6 Å². The summed E-state index contributed by atoms with van der Waals surface area (Å²) < 4.78 is 0. The van der Waals surface area contributed by atoms with Crippen molar-refractivity contribution in [2.45, 2.75) is 39.0 Å². The number of hydrogen-bond donors (Lipinski definition) is 1. The first-order chi connectivity index (χ1) is 9.09. The van der Waals surface area contributed by atoms with Gasteiger partial charge in [0.05, 0.1) is 5.41 Å². The van der Waals surface area contributed by atoms with Crippen LogP contribution in [0.25, 0.3) is 0 Å². The molecule has 0 bridgehead atoms. The fraction of sp³-hybridized carbons (Fsp3) is 0.562. The Kier molecular flexibility index (Phi) is 4.25. The second-order valence-corrected chi connectivity index (χ2v) is 5.74. The van der Waals surface area contributed by atoms with E-state index in [0.717, 1.165) is 31.4 Å². The van der Waals surface area contributed by atoms with Gasteiger partial charge in [-0.05, 0) is 31.9 Å². The van der Waals surface area contributed by atoms with Gasteiger partial charge in [-0.2, -0.15) is 0 Å². The first kappa shape index (κ1) is 14.1. The lowest BCUT2D eigenvalue weighted by atomic mass is 9.73. The summed E-state index contributed by atoms with van der Waals surface area (Å²) in [5, 5.41) is 0. The van der Waals surface area contributed by atoms with Crippen molar-refractivity contribution in [3.63, 3.8) is 0 Å². The highest BCUT2D eigenvalue weighted by molar-refractivity contribution is 5.97. The molecular weight excluding hydrogens is 236 g/mol. The molecule has 2 rings (SSSR count). The van der Waals surface area contributed by atoms with Crippen molar-refractivity contribution in [1.29, 1.82) is 0 Å². The van der Waals surface area contributed by atoms with Crippen LogP contribution in [-0.2, 0) is 4.79 Å². The molecule has 0 radical (unpaired) electrons. The molecule has 0 atom stereocenters. The number of benzene rings is 1. The molecule has 1 fully saturated rings. The van der Waals surface area contributed by atoms with Gasteiger partial charge in [0.2, 0.25) is 5.91 Å². The standard InChI is InChI=1S/C16H24N2O/c1-13-6-8-14(9-7-13)18(2)15(19)16(12-17)10-4-3-5-11-16/h6-9H,3-5,10-12,17H2,1-2H3. The summed E-state index contributed by atoms with van der Waals surface area (Å²) in [5.74, 6) is 0.179. The molecule has 1 aliphatic carbocycles. The molecule has 19 heavy (non-hydrogen) atoms. The molecular formula is C16H24N2O. The Bertz CT molecular complexity index is 433. The van der Waals surface area contributed by atoms with Gasteiger partial charge in [0.15, 0.2) is 0 Å². The van der Waals surface area contributed by atoms with Gasteiger partial charge < -0.3 is 10.6 Å². The molecule has 0 aromatic heterocycles. The minimum absolute atomic E-state index is 0.179. The summed E-state index contributed by atoms with van der Waals surface area (Å²) in [7, 11) is 1.86. The molecule has 1 saturated carbocycles. The summed E-state index contributed by atoms with van der Waals surface area (Å²) >= 11 is 0. The van der Waals surface area contributed by atoms with Crippen molar-refractivity contribution in [2.75, 3.05) is 18.5 Å². The fourth-order valence-corrected chi connectivity index (χ4v) is 2.98. The van der Waals surface area contributed by atoms with Crippen LogP contribution in [0.2, 0.25) is 0 Å². The average molecular weight is 260 g/mol. The smallest absolute Gasteiger partial charge is 0.234 e. The van der Waals surface area contributed by atoms with Gasteiger partial charge in [-0.3, -0.25) is 4.79 Å². The topological polar surface area (TPSA) is 46.3 Å². The van der Waals surface area contributed by atoms with E-state index < -0.39 is 0 Å². The SMILES string of the molecule is Cc1ccc(N(C)C(=O)C2(CN)CCCCC2)cc1. The lowest BCUT2D eigenvalue weighted by Gasteiger charge is -2.37. The second kappa shape index (κ2) is 5.74. The molecule has 1 aliphatic rings. The number of hydrogen-bond acceptors (Lipinski definition) is 2. The Morgan fingerprint density at radius 1 is 1.21 bits per heavy atom. The van der Waals surface area contributed by atoms with Crippen molar-refractivity contribution in [3.8, 4) is 0 Å². The van der Waals surface area contributed by atoms with Crippen LogP contribution >= 0.6 is 0 Å². The second-order valence-electron chi connectivity index (χ2n) is 5.74. The molecule has 0 unspecified atom stereocenters. The Balaban J connectivity index is 2.19. The molecule has 104 valence electrons. The number of rotatable bonds is 3. The van der Waals surface area contributed by atoms with Crippen LogP contribution in [0, 0.1) is 12.3 Å². The highest BCUT2D eigenvalue weighted by Gasteiger charge is 2.40. The normalized spacial score (nSPS) is 18.1. The molecule has 0 spiro atoms. The van der Waals surface area contributed by atoms with E-state index in [1.54, 1.807) is 4.90 Å². The molecule has 3 nitrogen and oxygen atoms in total. The molecule has 0 aliphatic heterocycles. The third-order valence-electron chi connectivity index (χ3n) is 4.38. The van der Waals surface area contributed by atoms with Gasteiger partial charge in [0, 0.05) is 19.3 Å². The van der Waals surface area contributed by atoms with Gasteiger partial charge in [0.1, 0.15) is 0 Å². The minimum atomic E-state index is -0.335. The first-order valence-electron chi connectivity index (χ1n) is 7.14. The average Bonchev–Trinajstić information content (AvgIpc) is 2.47. The summed E-state index contributed by atoms with van der Waals surface area (Å²) in [6.07, 6.45) is 5.32. The predicted molar refractivity (Wildman–Crippen MR) is 79.2 cm³/mol. The third kappa shape index (κ3) is 2.81. The fourth-order valence-electron chi connectivity index (χ4n) is 2.98. The van der Waals surface area contributed by atoms with Crippen LogP contribution in [0.4, 0.5) is 5.69 Å². The van der Waals surface area contributed by atoms with Crippen LogP contribution in [0.1, 0.15) is 37.7 Å². The van der Waals surface area contributed by atoms with Crippen LogP contribution in [0.15, 0.2) is 24.3 Å². The third-order valence-corrected chi connectivity index (χ3v) is 4.38. The Hall–Kier alpha value is -1.35. The quantitative estimate of drug-likeness (QED) is 0.908. The summed E-state index contributed by atoms with van der Waals surface area (Å²) in [6, 6.07) is 8.07. The molecule has 2 N–H and O–H groups in total. The molecule has 0 saturated heterocycles. The Morgan fingerprint density at radius 2 is 1.79 bits per heavy atom. The minimum Gasteiger partial charge on any atom is -0.329 e. The predicted octanol–water partition coefficient (Wildman–Crippen LogP) is 2.87. The largest absolute Gasteiger partial charge is 0.329 e. The number of anilines is 1. The number of nitrogens with two attached hydrogens (primary N) is 1. The molecule has 0 heterocycles. The number of amides is 1. The van der Waals surface area contributed by atoms with E-state index in [0.29, 0.717) is 6.54 Å². The van der Waals surface area contributed by atoms with E-state index in [2.05, 4.69) is 0 Å². The monoisotopic (exact) mass is 260 g/mol. The Morgan fingerprint density at radius 3 is 2.32 bits per heavy atom.